The van der Waals surface area contributed by atoms with Gasteiger partial charge in [0.15, 0.2) is 0 Å². The number of hydrogen-bond acceptors (Lipinski definition) is 1. The smallest absolute Gasteiger partial charge is 0.0431 e. The van der Waals surface area contributed by atoms with Gasteiger partial charge in [0.05, 0.1) is 0 Å². The highest BCUT2D eigenvalue weighted by molar-refractivity contribution is 4.69. The third-order valence-electron chi connectivity index (χ3n) is 1.97. The summed E-state index contributed by atoms with van der Waals surface area (Å²) in [7, 11) is 0. The highest BCUT2D eigenvalue weighted by Gasteiger charge is 2.18. The summed E-state index contributed by atoms with van der Waals surface area (Å²) in [5.74, 6) is 0.767. The number of aliphatic hydroxyl groups is 1. The van der Waals surface area contributed by atoms with Gasteiger partial charge in [-0.25, -0.2) is 0 Å². The molecule has 0 aliphatic heterocycles. The Hall–Kier alpha value is -0.0400. The summed E-state index contributed by atoms with van der Waals surface area (Å²) in [6, 6.07) is 0. The zero-order valence-corrected chi connectivity index (χ0v) is 8.35. The van der Waals surface area contributed by atoms with Crippen molar-refractivity contribution in [3.63, 3.8) is 0 Å². The van der Waals surface area contributed by atoms with Crippen molar-refractivity contribution in [1.82, 2.24) is 0 Å². The maximum Gasteiger partial charge on any atom is 0.0431 e. The first-order valence-electron chi connectivity index (χ1n) is 4.59. The minimum Gasteiger partial charge on any atom is -0.396 e. The highest BCUT2D eigenvalue weighted by atomic mass is 16.2. The Balaban J connectivity index is 3.61. The van der Waals surface area contributed by atoms with Crippen LogP contribution in [-0.2, 0) is 0 Å². The van der Waals surface area contributed by atoms with E-state index in [0.29, 0.717) is 12.0 Å². The van der Waals surface area contributed by atoms with Crippen LogP contribution in [0.25, 0.3) is 0 Å². The standard InChI is InChI=1S/C10H22O/c1-9(2)8-10(3,4)6-5-7-11/h9,11H,5-8H2,1-4H3. The van der Waals surface area contributed by atoms with Crippen molar-refractivity contribution < 1.29 is 5.11 Å². The number of hydrogen-bond donors (Lipinski definition) is 1. The van der Waals surface area contributed by atoms with Gasteiger partial charge in [0.2, 0.25) is 0 Å². The van der Waals surface area contributed by atoms with Crippen molar-refractivity contribution >= 4 is 0 Å². The first kappa shape index (κ1) is 11.0. The molecule has 0 bridgehead atoms. The lowest BCUT2D eigenvalue weighted by Crippen LogP contribution is -2.14. The van der Waals surface area contributed by atoms with E-state index in [1.165, 1.54) is 6.42 Å². The Morgan fingerprint density at radius 2 is 1.82 bits per heavy atom. The summed E-state index contributed by atoms with van der Waals surface area (Å²) < 4.78 is 0. The summed E-state index contributed by atoms with van der Waals surface area (Å²) in [6.07, 6.45) is 3.34. The van der Waals surface area contributed by atoms with Crippen molar-refractivity contribution in [2.24, 2.45) is 11.3 Å². The molecule has 0 spiro atoms. The fraction of sp³-hybridized carbons (Fsp3) is 1.00. The van der Waals surface area contributed by atoms with Crippen molar-refractivity contribution in [1.29, 1.82) is 0 Å². The highest BCUT2D eigenvalue weighted by Crippen LogP contribution is 2.29. The average Bonchev–Trinajstić information content (AvgIpc) is 1.81. The van der Waals surface area contributed by atoms with Crippen molar-refractivity contribution in [2.45, 2.75) is 47.0 Å². The SMILES string of the molecule is CC(C)CC(C)(C)CCCO. The summed E-state index contributed by atoms with van der Waals surface area (Å²) in [4.78, 5) is 0. The molecular weight excluding hydrogens is 136 g/mol. The molecule has 0 aliphatic rings. The predicted octanol–water partition coefficient (Wildman–Crippen LogP) is 2.83. The molecule has 0 rings (SSSR count). The van der Waals surface area contributed by atoms with Crippen LogP contribution in [-0.4, -0.2) is 11.7 Å². The molecule has 0 saturated heterocycles. The van der Waals surface area contributed by atoms with Gasteiger partial charge in [-0.3, -0.25) is 0 Å². The summed E-state index contributed by atoms with van der Waals surface area (Å²) >= 11 is 0. The minimum absolute atomic E-state index is 0.335. The van der Waals surface area contributed by atoms with E-state index >= 15 is 0 Å². The van der Waals surface area contributed by atoms with Crippen LogP contribution in [0.15, 0.2) is 0 Å². The molecule has 68 valence electrons. The molecule has 0 radical (unpaired) electrons. The van der Waals surface area contributed by atoms with Gasteiger partial charge in [-0.15, -0.1) is 0 Å². The molecule has 1 heteroatoms. The fourth-order valence-electron chi connectivity index (χ4n) is 1.76. The zero-order valence-electron chi connectivity index (χ0n) is 8.35. The Morgan fingerprint density at radius 3 is 2.18 bits per heavy atom. The Labute approximate surface area is 70.8 Å². The number of aliphatic hydroxyl groups excluding tert-OH is 1. The molecule has 0 atom stereocenters. The van der Waals surface area contributed by atoms with Crippen LogP contribution in [0.3, 0.4) is 0 Å². The molecule has 0 aliphatic carbocycles. The van der Waals surface area contributed by atoms with E-state index in [0.717, 1.165) is 18.8 Å². The van der Waals surface area contributed by atoms with Gasteiger partial charge in [-0.05, 0) is 30.6 Å². The zero-order chi connectivity index (χ0) is 8.91. The molecule has 0 aromatic rings. The van der Waals surface area contributed by atoms with Gasteiger partial charge in [0.25, 0.3) is 0 Å². The quantitative estimate of drug-likeness (QED) is 0.652. The molecular formula is C10H22O. The minimum atomic E-state index is 0.335. The van der Waals surface area contributed by atoms with Gasteiger partial charge in [-0.1, -0.05) is 27.7 Å². The van der Waals surface area contributed by atoms with E-state index in [1.54, 1.807) is 0 Å². The first-order valence-corrected chi connectivity index (χ1v) is 4.59. The predicted molar refractivity (Wildman–Crippen MR) is 49.6 cm³/mol. The molecule has 1 nitrogen and oxygen atoms in total. The van der Waals surface area contributed by atoms with E-state index in [9.17, 15) is 0 Å². The average molecular weight is 158 g/mol. The molecule has 0 aromatic carbocycles. The lowest BCUT2D eigenvalue weighted by Gasteiger charge is -2.26. The summed E-state index contributed by atoms with van der Waals surface area (Å²) in [5, 5.41) is 8.66. The van der Waals surface area contributed by atoms with E-state index in [2.05, 4.69) is 27.7 Å². The van der Waals surface area contributed by atoms with Crippen molar-refractivity contribution in [3.05, 3.63) is 0 Å². The third-order valence-corrected chi connectivity index (χ3v) is 1.97. The van der Waals surface area contributed by atoms with Crippen LogP contribution in [0.2, 0.25) is 0 Å². The second kappa shape index (κ2) is 4.76. The van der Waals surface area contributed by atoms with Crippen LogP contribution in [0.4, 0.5) is 0 Å². The van der Waals surface area contributed by atoms with E-state index < -0.39 is 0 Å². The fourth-order valence-corrected chi connectivity index (χ4v) is 1.76. The Morgan fingerprint density at radius 1 is 1.27 bits per heavy atom. The number of rotatable bonds is 5. The monoisotopic (exact) mass is 158 g/mol. The van der Waals surface area contributed by atoms with E-state index in [4.69, 9.17) is 5.11 Å². The van der Waals surface area contributed by atoms with Gasteiger partial charge in [-0.2, -0.15) is 0 Å². The Kier molecular flexibility index (Phi) is 4.74. The molecule has 0 heterocycles. The van der Waals surface area contributed by atoms with E-state index in [1.807, 2.05) is 0 Å². The van der Waals surface area contributed by atoms with Crippen LogP contribution in [0.5, 0.6) is 0 Å². The van der Waals surface area contributed by atoms with Gasteiger partial charge in [0.1, 0.15) is 0 Å². The normalized spacial score (nSPS) is 12.5. The van der Waals surface area contributed by atoms with Crippen LogP contribution >= 0.6 is 0 Å². The molecule has 11 heavy (non-hydrogen) atoms. The molecule has 0 amide bonds. The van der Waals surface area contributed by atoms with Gasteiger partial charge in [0, 0.05) is 6.61 Å². The third kappa shape index (κ3) is 6.36. The largest absolute Gasteiger partial charge is 0.396 e. The maximum atomic E-state index is 8.66. The van der Waals surface area contributed by atoms with Crippen molar-refractivity contribution in [3.8, 4) is 0 Å². The second-order valence-electron chi connectivity index (χ2n) is 4.59. The summed E-state index contributed by atoms with van der Waals surface area (Å²) in [5.41, 5.74) is 0.414. The van der Waals surface area contributed by atoms with E-state index in [-0.39, 0.29) is 0 Å². The topological polar surface area (TPSA) is 20.2 Å². The molecule has 0 saturated carbocycles. The van der Waals surface area contributed by atoms with Gasteiger partial charge >= 0.3 is 0 Å². The van der Waals surface area contributed by atoms with Crippen LogP contribution in [0, 0.1) is 11.3 Å². The van der Waals surface area contributed by atoms with Crippen LogP contribution in [0.1, 0.15) is 47.0 Å². The lowest BCUT2D eigenvalue weighted by molar-refractivity contribution is 0.216. The summed E-state index contributed by atoms with van der Waals surface area (Å²) in [6.45, 7) is 9.40. The molecule has 0 fully saturated rings. The molecule has 0 unspecified atom stereocenters. The first-order chi connectivity index (χ1) is 4.98. The van der Waals surface area contributed by atoms with Crippen LogP contribution < -0.4 is 0 Å². The van der Waals surface area contributed by atoms with Gasteiger partial charge < -0.3 is 5.11 Å². The molecule has 0 aromatic heterocycles. The molecule has 1 N–H and O–H groups in total. The Bertz CT molecular complexity index is 95.0. The van der Waals surface area contributed by atoms with Crippen molar-refractivity contribution in [2.75, 3.05) is 6.61 Å². The second-order valence-corrected chi connectivity index (χ2v) is 4.59. The lowest BCUT2D eigenvalue weighted by atomic mass is 9.80. The maximum absolute atomic E-state index is 8.66.